The second-order valence-electron chi connectivity index (χ2n) is 5.11. The molecule has 1 aliphatic carbocycles. The number of hydrogen-bond donors (Lipinski definition) is 0. The maximum absolute atomic E-state index is 2.40. The normalized spacial score (nSPS) is 12.9. The number of hydrogen-bond acceptors (Lipinski definition) is 0. The second kappa shape index (κ2) is 5.61. The summed E-state index contributed by atoms with van der Waals surface area (Å²) in [7, 11) is 0. The Kier molecular flexibility index (Phi) is 4.09. The summed E-state index contributed by atoms with van der Waals surface area (Å²) in [5.74, 6) is 0. The third kappa shape index (κ3) is 2.32. The first-order chi connectivity index (χ1) is 9.18. The van der Waals surface area contributed by atoms with Gasteiger partial charge in [-0.2, -0.15) is 0 Å². The molecule has 19 heavy (non-hydrogen) atoms. The van der Waals surface area contributed by atoms with Crippen LogP contribution in [0.25, 0.3) is 22.9 Å². The molecule has 0 radical (unpaired) electrons. The summed E-state index contributed by atoms with van der Waals surface area (Å²) < 4.78 is 0. The minimum Gasteiger partial charge on any atom is -0.0761 e. The maximum atomic E-state index is 2.40. The van der Waals surface area contributed by atoms with E-state index in [9.17, 15) is 0 Å². The van der Waals surface area contributed by atoms with Crippen molar-refractivity contribution in [1.29, 1.82) is 0 Å². The lowest BCUT2D eigenvalue weighted by Gasteiger charge is -2.12. The van der Waals surface area contributed by atoms with E-state index in [0.29, 0.717) is 0 Å². The molecule has 0 heterocycles. The molecule has 0 aliphatic heterocycles. The Bertz CT molecular complexity index is 718. The topological polar surface area (TPSA) is 0 Å². The largest absolute Gasteiger partial charge is 0.0761 e. The molecule has 100 valence electrons. The number of fused-ring (bicyclic) bond motifs is 2. The van der Waals surface area contributed by atoms with Crippen molar-refractivity contribution in [3.05, 3.63) is 45.3 Å². The standard InChI is InChI=1S/C17H18.C2H6/c1-11-8-9-16-12(2)14-6-4-5-7-15(14)13(3)17(16)10-11;1-2/h6-10H,4-5H2,1-3H3;1-2H3. The Hall–Kier alpha value is -1.56. The van der Waals surface area contributed by atoms with Crippen molar-refractivity contribution >= 4 is 22.9 Å². The molecule has 3 rings (SSSR count). The van der Waals surface area contributed by atoms with Crippen LogP contribution in [0.1, 0.15) is 43.4 Å². The van der Waals surface area contributed by atoms with Crippen LogP contribution < -0.4 is 10.4 Å². The molecule has 0 N–H and O–H groups in total. The predicted octanol–water partition coefficient (Wildman–Crippen LogP) is 4.15. The molecule has 0 amide bonds. The summed E-state index contributed by atoms with van der Waals surface area (Å²) in [5.41, 5.74) is 4.23. The van der Waals surface area contributed by atoms with Gasteiger partial charge in [0.2, 0.25) is 0 Å². The smallest absolute Gasteiger partial charge is 0.0143 e. The zero-order chi connectivity index (χ0) is 14.0. The van der Waals surface area contributed by atoms with Crippen molar-refractivity contribution in [1.82, 2.24) is 0 Å². The minimum atomic E-state index is 1.19. The highest BCUT2D eigenvalue weighted by Crippen LogP contribution is 2.19. The molecule has 0 aromatic heterocycles. The Balaban J connectivity index is 0.000000637. The molecule has 0 spiro atoms. The van der Waals surface area contributed by atoms with E-state index in [-0.39, 0.29) is 0 Å². The fourth-order valence-electron chi connectivity index (χ4n) is 2.97. The zero-order valence-electron chi connectivity index (χ0n) is 12.8. The van der Waals surface area contributed by atoms with Crippen LogP contribution in [0.5, 0.6) is 0 Å². The molecule has 2 aromatic carbocycles. The van der Waals surface area contributed by atoms with Crippen LogP contribution >= 0.6 is 0 Å². The van der Waals surface area contributed by atoms with Crippen LogP contribution in [0.2, 0.25) is 0 Å². The minimum absolute atomic E-state index is 1.19. The van der Waals surface area contributed by atoms with Crippen LogP contribution in [-0.2, 0) is 0 Å². The van der Waals surface area contributed by atoms with Gasteiger partial charge in [0.25, 0.3) is 0 Å². The Morgan fingerprint density at radius 2 is 1.26 bits per heavy atom. The SMILES string of the molecule is CC.Cc1ccc2c(C)c3c(c(C)c2c1)=CCCC=3. The van der Waals surface area contributed by atoms with Crippen molar-refractivity contribution in [2.24, 2.45) is 0 Å². The molecule has 0 bridgehead atoms. The Labute approximate surface area is 116 Å². The number of rotatable bonds is 0. The average molecular weight is 252 g/mol. The first kappa shape index (κ1) is 13.9. The van der Waals surface area contributed by atoms with Crippen molar-refractivity contribution in [3.8, 4) is 0 Å². The molecule has 0 nitrogen and oxygen atoms in total. The molecule has 0 unspecified atom stereocenters. The highest BCUT2D eigenvalue weighted by Gasteiger charge is 2.07. The van der Waals surface area contributed by atoms with Gasteiger partial charge in [-0.25, -0.2) is 0 Å². The third-order valence-electron chi connectivity index (χ3n) is 3.94. The van der Waals surface area contributed by atoms with E-state index in [2.05, 4.69) is 51.1 Å². The van der Waals surface area contributed by atoms with Gasteiger partial charge in [-0.3, -0.25) is 0 Å². The van der Waals surface area contributed by atoms with Gasteiger partial charge in [0.05, 0.1) is 0 Å². The van der Waals surface area contributed by atoms with Crippen LogP contribution in [0.15, 0.2) is 18.2 Å². The summed E-state index contributed by atoms with van der Waals surface area (Å²) in [4.78, 5) is 0. The number of aryl methyl sites for hydroxylation is 3. The van der Waals surface area contributed by atoms with Gasteiger partial charge in [0.1, 0.15) is 0 Å². The van der Waals surface area contributed by atoms with Gasteiger partial charge in [0, 0.05) is 0 Å². The number of benzene rings is 2. The van der Waals surface area contributed by atoms with Gasteiger partial charge in [-0.15, -0.1) is 0 Å². The Morgan fingerprint density at radius 1 is 0.737 bits per heavy atom. The van der Waals surface area contributed by atoms with E-state index in [4.69, 9.17) is 0 Å². The molecule has 1 aliphatic rings. The lowest BCUT2D eigenvalue weighted by Crippen LogP contribution is -2.32. The van der Waals surface area contributed by atoms with Crippen LogP contribution in [0.4, 0.5) is 0 Å². The zero-order valence-corrected chi connectivity index (χ0v) is 12.8. The van der Waals surface area contributed by atoms with Crippen molar-refractivity contribution < 1.29 is 0 Å². The summed E-state index contributed by atoms with van der Waals surface area (Å²) in [6, 6.07) is 6.81. The monoisotopic (exact) mass is 252 g/mol. The second-order valence-corrected chi connectivity index (χ2v) is 5.11. The summed E-state index contributed by atoms with van der Waals surface area (Å²) in [6.07, 6.45) is 7.17. The third-order valence-corrected chi connectivity index (χ3v) is 3.94. The van der Waals surface area contributed by atoms with E-state index in [1.807, 2.05) is 13.8 Å². The summed E-state index contributed by atoms with van der Waals surface area (Å²) in [6.45, 7) is 10.7. The molecule has 0 fully saturated rings. The van der Waals surface area contributed by atoms with E-state index < -0.39 is 0 Å². The van der Waals surface area contributed by atoms with Crippen LogP contribution in [0, 0.1) is 20.8 Å². The molecule has 2 aromatic rings. The quantitative estimate of drug-likeness (QED) is 0.661. The van der Waals surface area contributed by atoms with E-state index in [0.717, 1.165) is 0 Å². The van der Waals surface area contributed by atoms with Gasteiger partial charge in [-0.1, -0.05) is 49.8 Å². The summed E-state index contributed by atoms with van der Waals surface area (Å²) >= 11 is 0. The van der Waals surface area contributed by atoms with Gasteiger partial charge in [-0.05, 0) is 65.9 Å². The van der Waals surface area contributed by atoms with Crippen molar-refractivity contribution in [2.45, 2.75) is 47.5 Å². The lowest BCUT2D eigenvalue weighted by molar-refractivity contribution is 1.10. The maximum Gasteiger partial charge on any atom is -0.0143 e. The fourth-order valence-corrected chi connectivity index (χ4v) is 2.97. The molecule has 0 atom stereocenters. The highest BCUT2D eigenvalue weighted by molar-refractivity contribution is 5.89. The average Bonchev–Trinajstić information content (AvgIpc) is 2.47. The van der Waals surface area contributed by atoms with Crippen molar-refractivity contribution in [3.63, 3.8) is 0 Å². The van der Waals surface area contributed by atoms with Crippen LogP contribution in [-0.4, -0.2) is 0 Å². The van der Waals surface area contributed by atoms with Crippen molar-refractivity contribution in [2.75, 3.05) is 0 Å². The Morgan fingerprint density at radius 3 is 1.84 bits per heavy atom. The van der Waals surface area contributed by atoms with Gasteiger partial charge < -0.3 is 0 Å². The van der Waals surface area contributed by atoms with E-state index in [1.165, 1.54) is 50.7 Å². The lowest BCUT2D eigenvalue weighted by atomic mass is 9.92. The van der Waals surface area contributed by atoms with Gasteiger partial charge >= 0.3 is 0 Å². The first-order valence-corrected chi connectivity index (χ1v) is 7.38. The molecule has 0 saturated carbocycles. The summed E-state index contributed by atoms with van der Waals surface area (Å²) in [5, 5.41) is 5.77. The van der Waals surface area contributed by atoms with Crippen LogP contribution in [0.3, 0.4) is 0 Å². The van der Waals surface area contributed by atoms with E-state index in [1.54, 1.807) is 0 Å². The predicted molar refractivity (Wildman–Crippen MR) is 86.9 cm³/mol. The molecule has 0 heteroatoms. The molecular weight excluding hydrogens is 228 g/mol. The fraction of sp³-hybridized carbons (Fsp3) is 0.368. The molecular formula is C19H24. The highest BCUT2D eigenvalue weighted by atomic mass is 14.1. The first-order valence-electron chi connectivity index (χ1n) is 7.38. The van der Waals surface area contributed by atoms with Gasteiger partial charge in [0.15, 0.2) is 0 Å². The van der Waals surface area contributed by atoms with E-state index >= 15 is 0 Å². The molecule has 0 saturated heterocycles.